The number of aromatic nitrogens is 3. The van der Waals surface area contributed by atoms with E-state index < -0.39 is 6.09 Å². The van der Waals surface area contributed by atoms with Crippen molar-refractivity contribution in [3.8, 4) is 0 Å². The maximum Gasteiger partial charge on any atom is 0.412 e. The summed E-state index contributed by atoms with van der Waals surface area (Å²) in [4.78, 5) is 26.8. The fourth-order valence-corrected chi connectivity index (χ4v) is 4.46. The number of amides is 1. The molecule has 0 saturated heterocycles. The van der Waals surface area contributed by atoms with Gasteiger partial charge in [0.05, 0.1) is 5.92 Å². The van der Waals surface area contributed by atoms with Gasteiger partial charge >= 0.3 is 6.09 Å². The van der Waals surface area contributed by atoms with Gasteiger partial charge in [-0.05, 0) is 18.9 Å². The van der Waals surface area contributed by atoms with Gasteiger partial charge in [0.2, 0.25) is 6.73 Å². The number of likely N-dealkylation sites (N-methyl/N-ethyl adjacent to an activating group) is 1. The van der Waals surface area contributed by atoms with E-state index in [-0.39, 0.29) is 18.4 Å². The first-order valence-corrected chi connectivity index (χ1v) is 10.7. The Labute approximate surface area is 181 Å². The van der Waals surface area contributed by atoms with E-state index in [0.29, 0.717) is 19.6 Å². The number of hydrogen-bond donors (Lipinski definition) is 1. The molecule has 0 aliphatic heterocycles. The average Bonchev–Trinajstić information content (AvgIpc) is 3.26. The summed E-state index contributed by atoms with van der Waals surface area (Å²) < 4.78 is 11.4. The van der Waals surface area contributed by atoms with E-state index in [1.165, 1.54) is 4.90 Å². The molecule has 164 valence electrons. The van der Waals surface area contributed by atoms with Gasteiger partial charge < -0.3 is 19.9 Å². The Morgan fingerprint density at radius 1 is 1.35 bits per heavy atom. The maximum absolute atomic E-state index is 13.4. The quantitative estimate of drug-likeness (QED) is 0.614. The molecule has 4 rings (SSSR count). The van der Waals surface area contributed by atoms with Gasteiger partial charge in [-0.2, -0.15) is 4.57 Å². The molecule has 1 aliphatic carbocycles. The zero-order valence-corrected chi connectivity index (χ0v) is 18.4. The number of benzene rings is 1. The molecule has 2 N–H and O–H groups in total. The van der Waals surface area contributed by atoms with Crippen LogP contribution in [0.1, 0.15) is 28.3 Å². The number of carbonyl (C=O) groups excluding carboxylic acids is 2. The van der Waals surface area contributed by atoms with Gasteiger partial charge in [0.15, 0.2) is 5.78 Å². The summed E-state index contributed by atoms with van der Waals surface area (Å²) in [5, 5.41) is 1.04. The van der Waals surface area contributed by atoms with E-state index in [1.807, 2.05) is 49.1 Å². The van der Waals surface area contributed by atoms with Crippen LogP contribution in [0.25, 0.3) is 10.9 Å². The van der Waals surface area contributed by atoms with Crippen LogP contribution in [0.2, 0.25) is 0 Å². The molecule has 0 bridgehead atoms. The highest BCUT2D eigenvalue weighted by Gasteiger charge is 2.34. The predicted octanol–water partition coefficient (Wildman–Crippen LogP) is 2.01. The Bertz CT molecular complexity index is 1130. The molecule has 2 heterocycles. The molecule has 1 aromatic carbocycles. The summed E-state index contributed by atoms with van der Waals surface area (Å²) >= 11 is 0. The Hall–Kier alpha value is -3.13. The molecule has 0 fully saturated rings. The molecule has 31 heavy (non-hydrogen) atoms. The van der Waals surface area contributed by atoms with Gasteiger partial charge in [-0.1, -0.05) is 18.2 Å². The third-order valence-electron chi connectivity index (χ3n) is 6.35. The normalized spacial score (nSPS) is 15.9. The molecule has 1 amide bonds. The molecule has 0 radical (unpaired) electrons. The first kappa shape index (κ1) is 21.1. The van der Waals surface area contributed by atoms with Crippen LogP contribution in [0.15, 0.2) is 36.7 Å². The second-order valence-electron chi connectivity index (χ2n) is 8.21. The van der Waals surface area contributed by atoms with Crippen molar-refractivity contribution < 1.29 is 18.9 Å². The van der Waals surface area contributed by atoms with Crippen LogP contribution in [0.5, 0.6) is 0 Å². The van der Waals surface area contributed by atoms with Crippen LogP contribution in [-0.4, -0.2) is 46.0 Å². The van der Waals surface area contributed by atoms with Crippen molar-refractivity contribution in [1.82, 2.24) is 14.0 Å². The molecule has 8 nitrogen and oxygen atoms in total. The van der Waals surface area contributed by atoms with Crippen LogP contribution in [-0.2, 0) is 31.5 Å². The predicted molar refractivity (Wildman–Crippen MR) is 117 cm³/mol. The number of para-hydroxylation sites is 1. The van der Waals surface area contributed by atoms with Crippen molar-refractivity contribution >= 4 is 22.8 Å². The van der Waals surface area contributed by atoms with Gasteiger partial charge in [0.1, 0.15) is 18.9 Å². The van der Waals surface area contributed by atoms with Crippen LogP contribution in [0, 0.1) is 12.8 Å². The topological polar surface area (TPSA) is 86.4 Å². The van der Waals surface area contributed by atoms with Crippen molar-refractivity contribution in [2.45, 2.75) is 33.0 Å². The minimum Gasteiger partial charge on any atom is -0.408 e. The molecular formula is C23H30N5O3+. The fraction of sp³-hybridized carbons (Fsp3) is 0.435. The number of ketones is 1. The minimum atomic E-state index is -0.406. The zero-order valence-electron chi connectivity index (χ0n) is 18.4. The number of nitrogens with zero attached hydrogens (tertiary/aromatic N) is 4. The SMILES string of the molecule is Cc1n(CC2CCc3c(c4ccccc4n3C)C2=O)cc[n+]1COC(=O)N(C)CCN. The largest absolute Gasteiger partial charge is 0.412 e. The third-order valence-corrected chi connectivity index (χ3v) is 6.35. The Morgan fingerprint density at radius 2 is 2.13 bits per heavy atom. The number of hydrogen-bond acceptors (Lipinski definition) is 4. The number of imidazole rings is 1. The van der Waals surface area contributed by atoms with Crippen LogP contribution >= 0.6 is 0 Å². The number of rotatable bonds is 6. The van der Waals surface area contributed by atoms with Crippen molar-refractivity contribution in [2.75, 3.05) is 20.1 Å². The number of carbonyl (C=O) groups is 2. The molecule has 1 aliphatic rings. The van der Waals surface area contributed by atoms with E-state index >= 15 is 0 Å². The van der Waals surface area contributed by atoms with Crippen molar-refractivity contribution in [2.24, 2.45) is 18.7 Å². The minimum absolute atomic E-state index is 0.0731. The molecule has 2 aromatic heterocycles. The van der Waals surface area contributed by atoms with Crippen molar-refractivity contribution in [3.63, 3.8) is 0 Å². The smallest absolute Gasteiger partial charge is 0.408 e. The lowest BCUT2D eigenvalue weighted by Gasteiger charge is -2.21. The highest BCUT2D eigenvalue weighted by molar-refractivity contribution is 6.11. The van der Waals surface area contributed by atoms with Crippen molar-refractivity contribution in [3.05, 3.63) is 53.7 Å². The number of nitrogens with two attached hydrogens (primary N) is 1. The first-order chi connectivity index (χ1) is 14.9. The van der Waals surface area contributed by atoms with E-state index in [4.69, 9.17) is 10.5 Å². The maximum atomic E-state index is 13.4. The van der Waals surface area contributed by atoms with E-state index in [0.717, 1.165) is 40.8 Å². The number of aryl methyl sites for hydroxylation is 1. The average molecular weight is 425 g/mol. The van der Waals surface area contributed by atoms with Gasteiger partial charge in [0, 0.05) is 56.3 Å². The van der Waals surface area contributed by atoms with Gasteiger partial charge in [-0.15, -0.1) is 0 Å². The van der Waals surface area contributed by atoms with Gasteiger partial charge in [-0.3, -0.25) is 4.79 Å². The summed E-state index contributed by atoms with van der Waals surface area (Å²) in [6, 6.07) is 8.11. The monoisotopic (exact) mass is 424 g/mol. The van der Waals surface area contributed by atoms with Crippen LogP contribution in [0.4, 0.5) is 4.79 Å². The summed E-state index contributed by atoms with van der Waals surface area (Å²) in [6.45, 7) is 3.54. The molecule has 0 saturated carbocycles. The standard InChI is InChI=1S/C23H30N5O3/c1-16-27(12-13-28(16)15-31-23(30)25(2)11-10-24)14-17-8-9-20-21(22(17)29)18-6-4-5-7-19(18)26(20)3/h4-7,12-13,17H,8-11,14-15,24H2,1-3H3/q+1. The zero-order chi connectivity index (χ0) is 22.1. The van der Waals surface area contributed by atoms with Crippen molar-refractivity contribution in [1.29, 1.82) is 0 Å². The number of Topliss-reactive ketones (excluding diaryl/α,β-unsaturated/α-hetero) is 1. The molecular weight excluding hydrogens is 394 g/mol. The summed E-state index contributed by atoms with van der Waals surface area (Å²) in [7, 11) is 3.70. The summed E-state index contributed by atoms with van der Waals surface area (Å²) in [5.41, 5.74) is 8.60. The Balaban J connectivity index is 1.48. The molecule has 8 heteroatoms. The molecule has 1 unspecified atom stereocenters. The lowest BCUT2D eigenvalue weighted by Crippen LogP contribution is -2.41. The number of ether oxygens (including phenoxy) is 1. The molecule has 1 atom stereocenters. The van der Waals surface area contributed by atoms with E-state index in [9.17, 15) is 9.59 Å². The highest BCUT2D eigenvalue weighted by atomic mass is 16.6. The van der Waals surface area contributed by atoms with Crippen LogP contribution < -0.4 is 10.3 Å². The lowest BCUT2D eigenvalue weighted by molar-refractivity contribution is -0.732. The van der Waals surface area contributed by atoms with E-state index in [2.05, 4.69) is 15.2 Å². The number of fused-ring (bicyclic) bond motifs is 3. The highest BCUT2D eigenvalue weighted by Crippen LogP contribution is 2.34. The second-order valence-corrected chi connectivity index (χ2v) is 8.21. The van der Waals surface area contributed by atoms with Gasteiger partial charge in [-0.25, -0.2) is 9.36 Å². The molecule has 3 aromatic rings. The Morgan fingerprint density at radius 3 is 2.90 bits per heavy atom. The summed E-state index contributed by atoms with van der Waals surface area (Å²) in [6.07, 6.45) is 5.13. The second kappa shape index (κ2) is 8.55. The fourth-order valence-electron chi connectivity index (χ4n) is 4.46. The molecule has 0 spiro atoms. The Kier molecular flexibility index (Phi) is 5.82. The first-order valence-electron chi connectivity index (χ1n) is 10.7. The van der Waals surface area contributed by atoms with E-state index in [1.54, 1.807) is 7.05 Å². The summed E-state index contributed by atoms with van der Waals surface area (Å²) in [5.74, 6) is 1.08. The van der Waals surface area contributed by atoms with Gasteiger partial charge in [0.25, 0.3) is 5.82 Å². The third kappa shape index (κ3) is 3.83. The lowest BCUT2D eigenvalue weighted by atomic mass is 9.85. The van der Waals surface area contributed by atoms with Crippen LogP contribution in [0.3, 0.4) is 0 Å².